The maximum atomic E-state index is 12.0. The average molecular weight is 273 g/mol. The van der Waals surface area contributed by atoms with E-state index >= 15 is 0 Å². The van der Waals surface area contributed by atoms with Gasteiger partial charge in [0.1, 0.15) is 6.10 Å². The fraction of sp³-hybridized carbons (Fsp3) is 0.818. The van der Waals surface area contributed by atoms with Gasteiger partial charge in [0.25, 0.3) is 0 Å². The van der Waals surface area contributed by atoms with Gasteiger partial charge in [0.05, 0.1) is 22.9 Å². The predicted molar refractivity (Wildman–Crippen MR) is 66.7 cm³/mol. The quantitative estimate of drug-likeness (QED) is 0.872. The molecule has 0 amide bonds. The van der Waals surface area contributed by atoms with E-state index in [1.165, 1.54) is 6.20 Å². The van der Waals surface area contributed by atoms with Gasteiger partial charge in [-0.2, -0.15) is 0 Å². The molecule has 2 rings (SSSR count). The van der Waals surface area contributed by atoms with E-state index in [1.54, 1.807) is 4.68 Å². The van der Waals surface area contributed by atoms with Crippen molar-refractivity contribution in [3.63, 3.8) is 0 Å². The molecule has 1 fully saturated rings. The number of hydrogen-bond acceptors (Lipinski definition) is 5. The summed E-state index contributed by atoms with van der Waals surface area (Å²) < 4.78 is 25.5. The molecule has 0 aromatic carbocycles. The Morgan fingerprint density at radius 3 is 3.00 bits per heavy atom. The monoisotopic (exact) mass is 273 g/mol. The maximum Gasteiger partial charge on any atom is 0.156 e. The highest BCUT2D eigenvalue weighted by molar-refractivity contribution is 7.92. The highest BCUT2D eigenvalue weighted by Crippen LogP contribution is 2.30. The smallest absolute Gasteiger partial charge is 0.156 e. The van der Waals surface area contributed by atoms with Crippen molar-refractivity contribution in [3.05, 3.63) is 11.9 Å². The summed E-state index contributed by atoms with van der Waals surface area (Å²) in [6.07, 6.45) is 3.36. The van der Waals surface area contributed by atoms with Gasteiger partial charge in [-0.05, 0) is 19.3 Å². The zero-order chi connectivity index (χ0) is 13.2. The summed E-state index contributed by atoms with van der Waals surface area (Å²) in [6, 6.07) is 0. The molecule has 2 atom stereocenters. The van der Waals surface area contributed by atoms with E-state index in [9.17, 15) is 13.5 Å². The Hall–Kier alpha value is -0.950. The topological polar surface area (TPSA) is 85.1 Å². The van der Waals surface area contributed by atoms with Crippen LogP contribution >= 0.6 is 0 Å². The van der Waals surface area contributed by atoms with Crippen LogP contribution < -0.4 is 0 Å². The first-order chi connectivity index (χ1) is 8.56. The fourth-order valence-corrected chi connectivity index (χ4v) is 4.37. The van der Waals surface area contributed by atoms with Gasteiger partial charge in [-0.1, -0.05) is 18.6 Å². The molecule has 7 heteroatoms. The van der Waals surface area contributed by atoms with Crippen LogP contribution in [0.4, 0.5) is 0 Å². The lowest BCUT2D eigenvalue weighted by Gasteiger charge is -2.26. The highest BCUT2D eigenvalue weighted by atomic mass is 32.2. The van der Waals surface area contributed by atoms with Gasteiger partial charge in [-0.3, -0.25) is 0 Å². The second-order valence-electron chi connectivity index (χ2n) is 4.73. The van der Waals surface area contributed by atoms with Crippen molar-refractivity contribution in [2.24, 2.45) is 0 Å². The van der Waals surface area contributed by atoms with E-state index in [-0.39, 0.29) is 5.75 Å². The zero-order valence-electron chi connectivity index (χ0n) is 10.5. The molecule has 1 aliphatic heterocycles. The summed E-state index contributed by atoms with van der Waals surface area (Å²) >= 11 is 0. The number of aliphatic hydroxyl groups is 1. The third kappa shape index (κ3) is 2.56. The molecule has 2 heterocycles. The zero-order valence-corrected chi connectivity index (χ0v) is 11.3. The SMILES string of the molecule is CCCn1nncc1C(O)C1CCCCS1(=O)=O. The summed E-state index contributed by atoms with van der Waals surface area (Å²) in [5, 5.41) is 17.2. The van der Waals surface area contributed by atoms with Crippen molar-refractivity contribution in [2.45, 2.75) is 50.5 Å². The molecule has 1 saturated heterocycles. The second kappa shape index (κ2) is 5.36. The highest BCUT2D eigenvalue weighted by Gasteiger charge is 2.36. The van der Waals surface area contributed by atoms with Crippen molar-refractivity contribution < 1.29 is 13.5 Å². The third-order valence-corrected chi connectivity index (χ3v) is 5.64. The summed E-state index contributed by atoms with van der Waals surface area (Å²) in [7, 11) is -3.20. The molecule has 6 nitrogen and oxygen atoms in total. The number of nitrogens with zero attached hydrogens (tertiary/aromatic N) is 3. The van der Waals surface area contributed by atoms with Gasteiger partial charge in [0.2, 0.25) is 0 Å². The van der Waals surface area contributed by atoms with Gasteiger partial charge in [-0.15, -0.1) is 5.10 Å². The van der Waals surface area contributed by atoms with Crippen molar-refractivity contribution in [1.29, 1.82) is 0 Å². The molecule has 0 bridgehead atoms. The van der Waals surface area contributed by atoms with Gasteiger partial charge in [-0.25, -0.2) is 13.1 Å². The lowest BCUT2D eigenvalue weighted by atomic mass is 10.1. The fourth-order valence-electron chi connectivity index (χ4n) is 2.40. The minimum atomic E-state index is -3.20. The molecule has 1 aromatic rings. The molecule has 1 aliphatic rings. The molecular formula is C11H19N3O3S. The second-order valence-corrected chi connectivity index (χ2v) is 7.07. The minimum absolute atomic E-state index is 0.171. The minimum Gasteiger partial charge on any atom is -0.385 e. The summed E-state index contributed by atoms with van der Waals surface area (Å²) in [4.78, 5) is 0. The van der Waals surface area contributed by atoms with Crippen LogP contribution in [-0.4, -0.2) is 39.5 Å². The van der Waals surface area contributed by atoms with Crippen molar-refractivity contribution in [1.82, 2.24) is 15.0 Å². The number of aryl methyl sites for hydroxylation is 1. The van der Waals surface area contributed by atoms with Crippen molar-refractivity contribution >= 4 is 9.84 Å². The predicted octanol–water partition coefficient (Wildman–Crippen LogP) is 0.689. The largest absolute Gasteiger partial charge is 0.385 e. The van der Waals surface area contributed by atoms with E-state index in [4.69, 9.17) is 0 Å². The van der Waals surface area contributed by atoms with Crippen molar-refractivity contribution in [3.8, 4) is 0 Å². The van der Waals surface area contributed by atoms with Crippen LogP contribution in [0.25, 0.3) is 0 Å². The standard InChI is InChI=1S/C11H19N3O3S/c1-2-6-14-9(8-12-13-14)11(15)10-5-3-4-7-18(10,16)17/h8,10-11,15H,2-7H2,1H3. The Morgan fingerprint density at radius 2 is 2.33 bits per heavy atom. The Morgan fingerprint density at radius 1 is 1.56 bits per heavy atom. The first kappa shape index (κ1) is 13.5. The molecule has 0 saturated carbocycles. The van der Waals surface area contributed by atoms with E-state index < -0.39 is 21.2 Å². The summed E-state index contributed by atoms with van der Waals surface area (Å²) in [6.45, 7) is 2.63. The Balaban J connectivity index is 2.24. The van der Waals surface area contributed by atoms with Gasteiger partial charge >= 0.3 is 0 Å². The Labute approximate surface area is 107 Å². The van der Waals surface area contributed by atoms with Crippen molar-refractivity contribution in [2.75, 3.05) is 5.75 Å². The first-order valence-electron chi connectivity index (χ1n) is 6.34. The molecule has 1 aromatic heterocycles. The molecule has 18 heavy (non-hydrogen) atoms. The van der Waals surface area contributed by atoms with Crippen LogP contribution in [0.15, 0.2) is 6.20 Å². The van der Waals surface area contributed by atoms with E-state index in [2.05, 4.69) is 10.3 Å². The number of aliphatic hydroxyl groups excluding tert-OH is 1. The molecule has 2 unspecified atom stereocenters. The molecule has 0 aliphatic carbocycles. The van der Waals surface area contributed by atoms with E-state index in [1.807, 2.05) is 6.92 Å². The third-order valence-electron chi connectivity index (χ3n) is 3.37. The molecule has 1 N–H and O–H groups in total. The number of sulfone groups is 1. The number of rotatable bonds is 4. The normalized spacial score (nSPS) is 24.9. The Kier molecular flexibility index (Phi) is 4.01. The van der Waals surface area contributed by atoms with Crippen LogP contribution in [0.3, 0.4) is 0 Å². The van der Waals surface area contributed by atoms with Crippen LogP contribution in [0.1, 0.15) is 44.4 Å². The van der Waals surface area contributed by atoms with Crippen LogP contribution in [0.2, 0.25) is 0 Å². The summed E-state index contributed by atoms with van der Waals surface area (Å²) in [5.74, 6) is 0.171. The van der Waals surface area contributed by atoms with Gasteiger partial charge in [0, 0.05) is 6.54 Å². The van der Waals surface area contributed by atoms with E-state index in [0.717, 1.165) is 12.8 Å². The lowest BCUT2D eigenvalue weighted by molar-refractivity contribution is 0.153. The first-order valence-corrected chi connectivity index (χ1v) is 8.06. The van der Waals surface area contributed by atoms with Gasteiger partial charge in [0.15, 0.2) is 9.84 Å². The van der Waals surface area contributed by atoms with Crippen LogP contribution in [0.5, 0.6) is 0 Å². The molecule has 0 spiro atoms. The van der Waals surface area contributed by atoms with Crippen LogP contribution in [-0.2, 0) is 16.4 Å². The van der Waals surface area contributed by atoms with Crippen LogP contribution in [0, 0.1) is 0 Å². The Bertz CT molecular complexity index is 497. The molecular weight excluding hydrogens is 254 g/mol. The number of aromatic nitrogens is 3. The van der Waals surface area contributed by atoms with Gasteiger partial charge < -0.3 is 5.11 Å². The average Bonchev–Trinajstić information content (AvgIpc) is 2.76. The molecule has 0 radical (unpaired) electrons. The van der Waals surface area contributed by atoms with E-state index in [0.29, 0.717) is 25.1 Å². The number of hydrogen-bond donors (Lipinski definition) is 1. The molecule has 102 valence electrons. The maximum absolute atomic E-state index is 12.0. The summed E-state index contributed by atoms with van der Waals surface area (Å²) in [5.41, 5.74) is 0.507. The lowest BCUT2D eigenvalue weighted by Crippen LogP contribution is -2.34.